The van der Waals surface area contributed by atoms with Crippen LogP contribution < -0.4 is 0 Å². The largest absolute Gasteiger partial charge is 0.420 e. The first-order valence-corrected chi connectivity index (χ1v) is 9.32. The third kappa shape index (κ3) is 3.87. The van der Waals surface area contributed by atoms with Gasteiger partial charge in [0.25, 0.3) is 5.69 Å². The van der Waals surface area contributed by atoms with Crippen LogP contribution in [0.1, 0.15) is 5.89 Å². The molecule has 0 spiro atoms. The van der Waals surface area contributed by atoms with Gasteiger partial charge >= 0.3 is 0 Å². The Kier molecular flexibility index (Phi) is 5.04. The second-order valence-corrected chi connectivity index (χ2v) is 6.94. The predicted molar refractivity (Wildman–Crippen MR) is 102 cm³/mol. The Balaban J connectivity index is 1.47. The maximum Gasteiger partial charge on any atom is 0.269 e. The van der Waals surface area contributed by atoms with Crippen LogP contribution in [0, 0.1) is 10.1 Å². The van der Waals surface area contributed by atoms with Crippen molar-refractivity contribution in [2.75, 3.05) is 0 Å². The lowest BCUT2D eigenvalue weighted by atomic mass is 10.2. The van der Waals surface area contributed by atoms with Gasteiger partial charge in [0.15, 0.2) is 5.16 Å². The lowest BCUT2D eigenvalue weighted by molar-refractivity contribution is -0.384. The molecule has 0 aliphatic rings. The molecule has 28 heavy (non-hydrogen) atoms. The Morgan fingerprint density at radius 1 is 1.14 bits per heavy atom. The van der Waals surface area contributed by atoms with E-state index in [9.17, 15) is 10.1 Å². The van der Waals surface area contributed by atoms with E-state index in [1.165, 1.54) is 23.9 Å². The van der Waals surface area contributed by atoms with Crippen molar-refractivity contribution < 1.29 is 9.34 Å². The molecule has 0 atom stereocenters. The number of nitrogens with zero attached hydrogens (tertiary/aromatic N) is 6. The predicted octanol–water partition coefficient (Wildman–Crippen LogP) is 4.17. The fourth-order valence-electron chi connectivity index (χ4n) is 2.41. The first-order valence-electron chi connectivity index (χ1n) is 7.96. The Hall–Kier alpha value is -3.24. The van der Waals surface area contributed by atoms with E-state index in [0.29, 0.717) is 33.3 Å². The molecule has 0 unspecified atom stereocenters. The van der Waals surface area contributed by atoms with Crippen LogP contribution >= 0.6 is 23.4 Å². The van der Waals surface area contributed by atoms with Gasteiger partial charge in [0.2, 0.25) is 11.8 Å². The molecule has 2 heterocycles. The molecule has 0 amide bonds. The average molecular weight is 415 g/mol. The van der Waals surface area contributed by atoms with Crippen molar-refractivity contribution in [3.05, 3.63) is 75.9 Å². The van der Waals surface area contributed by atoms with Gasteiger partial charge in [-0.3, -0.25) is 14.7 Å². The molecule has 0 aliphatic heterocycles. The van der Waals surface area contributed by atoms with Crippen molar-refractivity contribution in [3.8, 4) is 17.1 Å². The van der Waals surface area contributed by atoms with Crippen LogP contribution in [0.2, 0.25) is 5.02 Å². The number of hydrogen-bond donors (Lipinski definition) is 0. The van der Waals surface area contributed by atoms with E-state index in [-0.39, 0.29) is 5.69 Å². The minimum Gasteiger partial charge on any atom is -0.420 e. The van der Waals surface area contributed by atoms with Crippen molar-refractivity contribution in [2.24, 2.45) is 0 Å². The van der Waals surface area contributed by atoms with Gasteiger partial charge in [-0.2, -0.15) is 0 Å². The smallest absolute Gasteiger partial charge is 0.269 e. The van der Waals surface area contributed by atoms with Crippen LogP contribution in [0.15, 0.2) is 64.4 Å². The molecule has 0 aliphatic carbocycles. The van der Waals surface area contributed by atoms with Gasteiger partial charge in [0, 0.05) is 22.7 Å². The Morgan fingerprint density at radius 2 is 1.96 bits per heavy atom. The number of nitro benzene ring substituents is 1. The minimum absolute atomic E-state index is 0.000559. The maximum absolute atomic E-state index is 10.7. The highest BCUT2D eigenvalue weighted by molar-refractivity contribution is 7.98. The molecule has 2 aromatic heterocycles. The number of aromatic nitrogens is 5. The number of benzene rings is 2. The second-order valence-electron chi connectivity index (χ2n) is 5.56. The molecule has 4 aromatic rings. The number of nitro groups is 1. The summed E-state index contributed by atoms with van der Waals surface area (Å²) in [5, 5.41) is 28.1. The van der Waals surface area contributed by atoms with E-state index < -0.39 is 4.92 Å². The Bertz CT molecular complexity index is 1130. The maximum atomic E-state index is 10.7. The quantitative estimate of drug-likeness (QED) is 0.262. The lowest BCUT2D eigenvalue weighted by Gasteiger charge is -2.05. The zero-order valence-corrected chi connectivity index (χ0v) is 15.7. The van der Waals surface area contributed by atoms with Gasteiger partial charge in [-0.15, -0.1) is 20.4 Å². The summed E-state index contributed by atoms with van der Waals surface area (Å²) in [7, 11) is 0. The average Bonchev–Trinajstić information content (AvgIpc) is 3.36. The number of thioether (sulfide) groups is 1. The number of hydrogen-bond acceptors (Lipinski definition) is 8. The third-order valence-electron chi connectivity index (χ3n) is 3.72. The van der Waals surface area contributed by atoms with Crippen LogP contribution in [0.25, 0.3) is 17.1 Å². The van der Waals surface area contributed by atoms with Crippen LogP contribution in [0.4, 0.5) is 5.69 Å². The molecule has 0 bridgehead atoms. The van der Waals surface area contributed by atoms with E-state index >= 15 is 0 Å². The fraction of sp³-hybridized carbons (Fsp3) is 0.0588. The topological polar surface area (TPSA) is 113 Å². The summed E-state index contributed by atoms with van der Waals surface area (Å²) in [6, 6.07) is 13.3. The molecule has 0 saturated heterocycles. The second kappa shape index (κ2) is 7.79. The summed E-state index contributed by atoms with van der Waals surface area (Å²) in [4.78, 5) is 10.3. The lowest BCUT2D eigenvalue weighted by Crippen LogP contribution is -1.95. The van der Waals surface area contributed by atoms with Gasteiger partial charge in [-0.25, -0.2) is 0 Å². The van der Waals surface area contributed by atoms with Crippen LogP contribution in [-0.2, 0) is 5.75 Å². The van der Waals surface area contributed by atoms with E-state index in [0.717, 1.165) is 5.69 Å². The summed E-state index contributed by atoms with van der Waals surface area (Å²) < 4.78 is 7.45. The summed E-state index contributed by atoms with van der Waals surface area (Å²) in [5.74, 6) is 1.08. The molecule has 9 nitrogen and oxygen atoms in total. The third-order valence-corrected chi connectivity index (χ3v) is 4.88. The van der Waals surface area contributed by atoms with Crippen LogP contribution in [-0.4, -0.2) is 29.9 Å². The van der Waals surface area contributed by atoms with E-state index in [1.54, 1.807) is 24.5 Å². The molecular formula is C17H11ClN6O3S. The van der Waals surface area contributed by atoms with E-state index in [1.807, 2.05) is 22.8 Å². The monoisotopic (exact) mass is 414 g/mol. The Morgan fingerprint density at radius 3 is 2.71 bits per heavy atom. The summed E-state index contributed by atoms with van der Waals surface area (Å²) in [5.41, 5.74) is 1.45. The SMILES string of the molecule is O=[N+]([O-])c1ccc(-c2nnc(CSc3nncn3-c3cccc(Cl)c3)o2)cc1. The van der Waals surface area contributed by atoms with Crippen molar-refractivity contribution in [2.45, 2.75) is 10.9 Å². The standard InChI is InChI=1S/C17H11ClN6O3S/c18-12-2-1-3-14(8-12)23-10-19-22-17(23)28-9-15-20-21-16(27-15)11-4-6-13(7-5-11)24(25)26/h1-8,10H,9H2. The van der Waals surface area contributed by atoms with Crippen LogP contribution in [0.5, 0.6) is 0 Å². The summed E-state index contributed by atoms with van der Waals surface area (Å²) >= 11 is 7.43. The summed E-state index contributed by atoms with van der Waals surface area (Å²) in [6.07, 6.45) is 1.60. The molecule has 0 fully saturated rings. The first-order chi connectivity index (χ1) is 13.6. The van der Waals surface area contributed by atoms with Gasteiger partial charge in [0.1, 0.15) is 6.33 Å². The van der Waals surface area contributed by atoms with Crippen molar-refractivity contribution in [1.82, 2.24) is 25.0 Å². The number of non-ortho nitro benzene ring substituents is 1. The highest BCUT2D eigenvalue weighted by atomic mass is 35.5. The minimum atomic E-state index is -0.463. The highest BCUT2D eigenvalue weighted by Crippen LogP contribution is 2.26. The number of halogens is 1. The Labute approximate surface area is 167 Å². The summed E-state index contributed by atoms with van der Waals surface area (Å²) in [6.45, 7) is 0. The molecule has 0 radical (unpaired) electrons. The first kappa shape index (κ1) is 18.1. The zero-order chi connectivity index (χ0) is 19.5. The highest BCUT2D eigenvalue weighted by Gasteiger charge is 2.13. The normalized spacial score (nSPS) is 10.9. The molecule has 11 heteroatoms. The molecule has 0 N–H and O–H groups in total. The van der Waals surface area contributed by atoms with Crippen molar-refractivity contribution >= 4 is 29.1 Å². The molecule has 4 rings (SSSR count). The van der Waals surface area contributed by atoms with Gasteiger partial charge < -0.3 is 4.42 Å². The van der Waals surface area contributed by atoms with E-state index in [4.69, 9.17) is 16.0 Å². The van der Waals surface area contributed by atoms with Crippen molar-refractivity contribution in [1.29, 1.82) is 0 Å². The zero-order valence-electron chi connectivity index (χ0n) is 14.1. The molecule has 0 saturated carbocycles. The van der Waals surface area contributed by atoms with Gasteiger partial charge in [0.05, 0.1) is 16.4 Å². The van der Waals surface area contributed by atoms with Gasteiger partial charge in [-0.1, -0.05) is 29.4 Å². The van der Waals surface area contributed by atoms with E-state index in [2.05, 4.69) is 20.4 Å². The van der Waals surface area contributed by atoms with Gasteiger partial charge in [-0.05, 0) is 30.3 Å². The molecule has 140 valence electrons. The van der Waals surface area contributed by atoms with Crippen molar-refractivity contribution in [3.63, 3.8) is 0 Å². The number of rotatable bonds is 6. The fourth-order valence-corrected chi connectivity index (χ4v) is 3.36. The molecule has 2 aromatic carbocycles. The molecular weight excluding hydrogens is 404 g/mol. The van der Waals surface area contributed by atoms with Crippen LogP contribution in [0.3, 0.4) is 0 Å².